The maximum atomic E-state index is 6.03. The highest BCUT2D eigenvalue weighted by Crippen LogP contribution is 2.32. The van der Waals surface area contributed by atoms with Crippen molar-refractivity contribution < 1.29 is 0 Å². The third-order valence-electron chi connectivity index (χ3n) is 4.37. The number of benzene rings is 1. The molecule has 1 fully saturated rings. The Morgan fingerprint density at radius 1 is 1.27 bits per heavy atom. The number of nitrogens with two attached hydrogens (primary N) is 1. The van der Waals surface area contributed by atoms with Crippen LogP contribution in [-0.4, -0.2) is 34.3 Å². The molecule has 1 aromatic heterocycles. The van der Waals surface area contributed by atoms with Gasteiger partial charge in [0.2, 0.25) is 0 Å². The Kier molecular flexibility index (Phi) is 4.54. The molecule has 0 bridgehead atoms. The summed E-state index contributed by atoms with van der Waals surface area (Å²) in [5, 5.41) is 1.72. The predicted molar refractivity (Wildman–Crippen MR) is 94.5 cm³/mol. The Morgan fingerprint density at radius 3 is 2.77 bits per heavy atom. The Labute approximate surface area is 136 Å². The smallest absolute Gasteiger partial charge is 0.139 e. The van der Waals surface area contributed by atoms with Crippen LogP contribution in [0.25, 0.3) is 10.9 Å². The SMILES string of the molecule is CC(C)C(C)Sc1ccc2c(N3CC[C@@H](N)C3)ncnc2c1. The van der Waals surface area contributed by atoms with Crippen molar-refractivity contribution >= 4 is 28.5 Å². The second-order valence-electron chi connectivity index (χ2n) is 6.44. The van der Waals surface area contributed by atoms with Crippen molar-refractivity contribution in [2.24, 2.45) is 11.7 Å². The van der Waals surface area contributed by atoms with Gasteiger partial charge in [-0.15, -0.1) is 11.8 Å². The molecule has 5 heteroatoms. The highest BCUT2D eigenvalue weighted by Gasteiger charge is 2.22. The quantitative estimate of drug-likeness (QED) is 0.877. The van der Waals surface area contributed by atoms with E-state index in [0.717, 1.165) is 36.2 Å². The zero-order chi connectivity index (χ0) is 15.7. The Balaban J connectivity index is 1.90. The number of thioether (sulfide) groups is 1. The molecule has 0 radical (unpaired) electrons. The van der Waals surface area contributed by atoms with Crippen LogP contribution in [-0.2, 0) is 0 Å². The summed E-state index contributed by atoms with van der Waals surface area (Å²) in [6, 6.07) is 6.78. The van der Waals surface area contributed by atoms with Gasteiger partial charge < -0.3 is 10.6 Å². The van der Waals surface area contributed by atoms with E-state index >= 15 is 0 Å². The molecule has 0 aliphatic carbocycles. The molecule has 2 aromatic rings. The highest BCUT2D eigenvalue weighted by atomic mass is 32.2. The normalized spacial score (nSPS) is 20.0. The van der Waals surface area contributed by atoms with Gasteiger partial charge in [-0.05, 0) is 30.5 Å². The Bertz CT molecular complexity index is 658. The van der Waals surface area contributed by atoms with E-state index in [1.807, 2.05) is 11.8 Å². The van der Waals surface area contributed by atoms with Gasteiger partial charge in [0.15, 0.2) is 0 Å². The number of nitrogens with zero attached hydrogens (tertiary/aromatic N) is 3. The summed E-state index contributed by atoms with van der Waals surface area (Å²) in [6.07, 6.45) is 2.70. The number of hydrogen-bond donors (Lipinski definition) is 1. The first-order valence-electron chi connectivity index (χ1n) is 7.96. The minimum atomic E-state index is 0.256. The number of fused-ring (bicyclic) bond motifs is 1. The van der Waals surface area contributed by atoms with E-state index in [2.05, 4.69) is 53.8 Å². The van der Waals surface area contributed by atoms with Gasteiger partial charge in [0.1, 0.15) is 12.1 Å². The fourth-order valence-corrected chi connectivity index (χ4v) is 3.71. The standard InChI is InChI=1S/C17H24N4S/c1-11(2)12(3)22-14-4-5-15-16(8-14)19-10-20-17(15)21-7-6-13(18)9-21/h4-5,8,10-13H,6-7,9,18H2,1-3H3/t12?,13-/m1/s1. The van der Waals surface area contributed by atoms with E-state index in [9.17, 15) is 0 Å². The summed E-state index contributed by atoms with van der Waals surface area (Å²) >= 11 is 1.91. The van der Waals surface area contributed by atoms with Crippen molar-refractivity contribution in [1.29, 1.82) is 0 Å². The summed E-state index contributed by atoms with van der Waals surface area (Å²) in [7, 11) is 0. The molecule has 1 aromatic carbocycles. The zero-order valence-corrected chi connectivity index (χ0v) is 14.3. The van der Waals surface area contributed by atoms with Gasteiger partial charge in [0, 0.05) is 34.7 Å². The molecular weight excluding hydrogens is 292 g/mol. The van der Waals surface area contributed by atoms with Gasteiger partial charge >= 0.3 is 0 Å². The van der Waals surface area contributed by atoms with Crippen molar-refractivity contribution in [3.05, 3.63) is 24.5 Å². The molecule has 1 aliphatic rings. The van der Waals surface area contributed by atoms with Crippen LogP contribution in [0.4, 0.5) is 5.82 Å². The van der Waals surface area contributed by atoms with Gasteiger partial charge in [-0.1, -0.05) is 20.8 Å². The molecule has 4 nitrogen and oxygen atoms in total. The van der Waals surface area contributed by atoms with E-state index in [-0.39, 0.29) is 6.04 Å². The van der Waals surface area contributed by atoms with Crippen molar-refractivity contribution in [1.82, 2.24) is 9.97 Å². The van der Waals surface area contributed by atoms with Crippen LogP contribution in [0.2, 0.25) is 0 Å². The molecule has 3 rings (SSSR count). The van der Waals surface area contributed by atoms with E-state index in [1.165, 1.54) is 4.90 Å². The molecule has 2 heterocycles. The summed E-state index contributed by atoms with van der Waals surface area (Å²) in [5.41, 5.74) is 7.05. The van der Waals surface area contributed by atoms with Gasteiger partial charge in [0.05, 0.1) is 5.52 Å². The summed E-state index contributed by atoms with van der Waals surface area (Å²) < 4.78 is 0. The van der Waals surface area contributed by atoms with Gasteiger partial charge in [-0.2, -0.15) is 0 Å². The van der Waals surface area contributed by atoms with E-state index in [0.29, 0.717) is 11.2 Å². The van der Waals surface area contributed by atoms with E-state index in [4.69, 9.17) is 5.73 Å². The molecular formula is C17H24N4S. The second kappa shape index (κ2) is 6.42. The molecule has 2 atom stereocenters. The monoisotopic (exact) mass is 316 g/mol. The fraction of sp³-hybridized carbons (Fsp3) is 0.529. The zero-order valence-electron chi connectivity index (χ0n) is 13.5. The van der Waals surface area contributed by atoms with Gasteiger partial charge in [-0.3, -0.25) is 0 Å². The minimum absolute atomic E-state index is 0.256. The molecule has 0 amide bonds. The van der Waals surface area contributed by atoms with Crippen molar-refractivity contribution in [2.75, 3.05) is 18.0 Å². The first-order valence-corrected chi connectivity index (χ1v) is 8.84. The molecule has 22 heavy (non-hydrogen) atoms. The first-order chi connectivity index (χ1) is 10.5. The summed E-state index contributed by atoms with van der Waals surface area (Å²) in [6.45, 7) is 8.66. The topological polar surface area (TPSA) is 55.0 Å². The van der Waals surface area contributed by atoms with Crippen LogP contribution in [0.1, 0.15) is 27.2 Å². The average Bonchev–Trinajstić information content (AvgIpc) is 2.92. The lowest BCUT2D eigenvalue weighted by molar-refractivity contribution is 0.642. The number of hydrogen-bond acceptors (Lipinski definition) is 5. The Hall–Kier alpha value is -1.33. The number of anilines is 1. The fourth-order valence-electron chi connectivity index (χ4n) is 2.68. The average molecular weight is 316 g/mol. The van der Waals surface area contributed by atoms with Crippen molar-refractivity contribution in [3.8, 4) is 0 Å². The predicted octanol–water partition coefficient (Wildman–Crippen LogP) is 3.30. The third kappa shape index (κ3) is 3.20. The van der Waals surface area contributed by atoms with Gasteiger partial charge in [0.25, 0.3) is 0 Å². The highest BCUT2D eigenvalue weighted by molar-refractivity contribution is 8.00. The van der Waals surface area contributed by atoms with Crippen LogP contribution in [0.5, 0.6) is 0 Å². The first kappa shape index (κ1) is 15.6. The molecule has 0 saturated carbocycles. The van der Waals surface area contributed by atoms with Crippen LogP contribution >= 0.6 is 11.8 Å². The molecule has 1 unspecified atom stereocenters. The second-order valence-corrected chi connectivity index (χ2v) is 7.89. The lowest BCUT2D eigenvalue weighted by Crippen LogP contribution is -2.27. The molecule has 118 valence electrons. The maximum Gasteiger partial charge on any atom is 0.139 e. The lowest BCUT2D eigenvalue weighted by atomic mass is 10.2. The maximum absolute atomic E-state index is 6.03. The van der Waals surface area contributed by atoms with E-state index < -0.39 is 0 Å². The van der Waals surface area contributed by atoms with Crippen LogP contribution in [0, 0.1) is 5.92 Å². The molecule has 1 aliphatic heterocycles. The largest absolute Gasteiger partial charge is 0.354 e. The third-order valence-corrected chi connectivity index (χ3v) is 5.81. The van der Waals surface area contributed by atoms with Crippen LogP contribution in [0.15, 0.2) is 29.4 Å². The molecule has 1 saturated heterocycles. The van der Waals surface area contributed by atoms with Gasteiger partial charge in [-0.25, -0.2) is 9.97 Å². The molecule has 0 spiro atoms. The molecule has 2 N–H and O–H groups in total. The number of aromatic nitrogens is 2. The minimum Gasteiger partial charge on any atom is -0.354 e. The number of rotatable bonds is 4. The van der Waals surface area contributed by atoms with E-state index in [1.54, 1.807) is 6.33 Å². The van der Waals surface area contributed by atoms with Crippen molar-refractivity contribution in [3.63, 3.8) is 0 Å². The van der Waals surface area contributed by atoms with Crippen molar-refractivity contribution in [2.45, 2.75) is 43.4 Å². The summed E-state index contributed by atoms with van der Waals surface area (Å²) in [4.78, 5) is 12.5. The van der Waals surface area contributed by atoms with Crippen LogP contribution < -0.4 is 10.6 Å². The van der Waals surface area contributed by atoms with Crippen LogP contribution in [0.3, 0.4) is 0 Å². The summed E-state index contributed by atoms with van der Waals surface area (Å²) in [5.74, 6) is 1.68. The Morgan fingerprint density at radius 2 is 2.09 bits per heavy atom. The lowest BCUT2D eigenvalue weighted by Gasteiger charge is -2.19.